The largest absolute Gasteiger partial charge is 1.00 e. The summed E-state index contributed by atoms with van der Waals surface area (Å²) < 4.78 is 18.9. The highest BCUT2D eigenvalue weighted by atomic mass is 35.5. The molecule has 2 fully saturated rings. The van der Waals surface area contributed by atoms with Crippen LogP contribution in [0.2, 0.25) is 0 Å². The monoisotopic (exact) mass is 784 g/mol. The molecular weight excluding hydrogens is 736 g/mol. The second-order valence-corrected chi connectivity index (χ2v) is 15.3. The standard InChI is InChI=1S/C38H48N6O6S2.ClH/c1-43-17-14-27(28-8-2-3-9-30(28)43)24-36-44(31-10-4-5-11-32(31)52-36)25-35(46)40-16-19-49-21-23-50-22-20-48-18-15-39-34(45)13-7-6-12-33-37-29(26-51-33)41-38(47)42-37;/h2-5,8-11,14,17,24,29,33,37H,6-7,12-13,15-16,18-23,25-26H2,1H3,(H3-,39,40,41,42,45,46,47);1H/t29-,33-,37-;/m1./s1. The van der Waals surface area contributed by atoms with Crippen LogP contribution in [0.25, 0.3) is 17.0 Å². The maximum atomic E-state index is 13.0. The van der Waals surface area contributed by atoms with Crippen molar-refractivity contribution in [3.63, 3.8) is 0 Å². The van der Waals surface area contributed by atoms with Gasteiger partial charge in [-0.1, -0.05) is 42.4 Å². The highest BCUT2D eigenvalue weighted by molar-refractivity contribution is 8.04. The smallest absolute Gasteiger partial charge is 0.315 e. The number of pyridine rings is 1. The molecule has 286 valence electrons. The van der Waals surface area contributed by atoms with Gasteiger partial charge in [-0.2, -0.15) is 11.8 Å². The van der Waals surface area contributed by atoms with Crippen LogP contribution in [0, 0.1) is 0 Å². The van der Waals surface area contributed by atoms with E-state index in [1.807, 2.05) is 43.1 Å². The van der Waals surface area contributed by atoms with Crippen molar-refractivity contribution in [1.29, 1.82) is 0 Å². The number of nitrogens with zero attached hydrogens (tertiary/aromatic N) is 2. The molecule has 2 aromatic carbocycles. The Morgan fingerprint density at radius 2 is 1.60 bits per heavy atom. The molecule has 12 nitrogen and oxygen atoms in total. The number of amides is 4. The molecule has 0 bridgehead atoms. The minimum atomic E-state index is -0.0727. The van der Waals surface area contributed by atoms with Gasteiger partial charge < -0.3 is 52.8 Å². The lowest BCUT2D eigenvalue weighted by atomic mass is 10.0. The first-order valence-electron chi connectivity index (χ1n) is 18.0. The summed E-state index contributed by atoms with van der Waals surface area (Å²) in [6.45, 7) is 3.64. The summed E-state index contributed by atoms with van der Waals surface area (Å²) in [6, 6.07) is 19.0. The summed E-state index contributed by atoms with van der Waals surface area (Å²) in [5.41, 5.74) is 3.28. The minimum Gasteiger partial charge on any atom is -1.00 e. The van der Waals surface area contributed by atoms with Gasteiger partial charge in [0.15, 0.2) is 6.20 Å². The van der Waals surface area contributed by atoms with Gasteiger partial charge in [-0.05, 0) is 42.7 Å². The number of ether oxygens (including phenoxy) is 3. The first-order chi connectivity index (χ1) is 25.5. The van der Waals surface area contributed by atoms with Gasteiger partial charge in [0.25, 0.3) is 0 Å². The predicted molar refractivity (Wildman–Crippen MR) is 205 cm³/mol. The Kier molecular flexibility index (Phi) is 16.0. The number of urea groups is 1. The molecule has 3 aliphatic heterocycles. The summed E-state index contributed by atoms with van der Waals surface area (Å²) in [7, 11) is 2.04. The number of halogens is 1. The molecule has 0 saturated carbocycles. The Morgan fingerprint density at radius 1 is 0.906 bits per heavy atom. The van der Waals surface area contributed by atoms with Gasteiger partial charge in [0.2, 0.25) is 17.3 Å². The number of anilines is 1. The quantitative estimate of drug-likeness (QED) is 0.0739. The molecule has 0 spiro atoms. The van der Waals surface area contributed by atoms with Crippen molar-refractivity contribution in [2.75, 3.05) is 69.9 Å². The van der Waals surface area contributed by atoms with Gasteiger partial charge in [0.05, 0.1) is 67.8 Å². The van der Waals surface area contributed by atoms with Gasteiger partial charge in [-0.15, -0.1) is 0 Å². The number of unbranched alkanes of at least 4 members (excludes halogenated alkanes) is 1. The predicted octanol–water partition coefficient (Wildman–Crippen LogP) is 0.587. The first kappa shape index (κ1) is 40.7. The average molecular weight is 785 g/mol. The zero-order chi connectivity index (χ0) is 36.1. The number of nitrogens with one attached hydrogen (secondary N) is 4. The van der Waals surface area contributed by atoms with E-state index in [1.165, 1.54) is 0 Å². The zero-order valence-electron chi connectivity index (χ0n) is 30.0. The lowest BCUT2D eigenvalue weighted by Crippen LogP contribution is -3.00. The molecule has 0 radical (unpaired) electrons. The number of aryl methyl sites for hydroxylation is 1. The van der Waals surface area contributed by atoms with Crippen molar-refractivity contribution in [2.45, 2.75) is 47.9 Å². The molecule has 1 aromatic heterocycles. The highest BCUT2D eigenvalue weighted by Gasteiger charge is 2.42. The number of hydrogen-bond acceptors (Lipinski definition) is 9. The molecule has 0 unspecified atom stereocenters. The summed E-state index contributed by atoms with van der Waals surface area (Å²) in [5, 5.41) is 14.5. The Labute approximate surface area is 325 Å². The van der Waals surface area contributed by atoms with Crippen LogP contribution in [-0.4, -0.2) is 100 Å². The number of para-hydroxylation sites is 2. The third kappa shape index (κ3) is 11.5. The van der Waals surface area contributed by atoms with E-state index in [9.17, 15) is 14.4 Å². The summed E-state index contributed by atoms with van der Waals surface area (Å²) >= 11 is 3.58. The number of hydrogen-bond donors (Lipinski definition) is 4. The van der Waals surface area contributed by atoms with Crippen LogP contribution in [0.4, 0.5) is 10.5 Å². The molecule has 3 aromatic rings. The highest BCUT2D eigenvalue weighted by Crippen LogP contribution is 2.46. The summed E-state index contributed by atoms with van der Waals surface area (Å²) in [4.78, 5) is 39.8. The van der Waals surface area contributed by atoms with E-state index in [1.54, 1.807) is 11.8 Å². The van der Waals surface area contributed by atoms with Crippen LogP contribution in [0.1, 0.15) is 31.2 Å². The van der Waals surface area contributed by atoms with Gasteiger partial charge in [0.1, 0.15) is 13.6 Å². The van der Waals surface area contributed by atoms with Crippen LogP contribution in [-0.2, 0) is 30.8 Å². The van der Waals surface area contributed by atoms with Crippen molar-refractivity contribution in [3.8, 4) is 0 Å². The van der Waals surface area contributed by atoms with E-state index in [-0.39, 0.29) is 48.9 Å². The molecule has 0 aliphatic carbocycles. The fraction of sp³-hybridized carbons (Fsp3) is 0.474. The lowest BCUT2D eigenvalue weighted by molar-refractivity contribution is -0.644. The normalized spacial score (nSPS) is 19.4. The fourth-order valence-electron chi connectivity index (χ4n) is 6.60. The van der Waals surface area contributed by atoms with Crippen LogP contribution in [0.5, 0.6) is 0 Å². The molecule has 2 saturated heterocycles. The molecule has 6 rings (SSSR count). The van der Waals surface area contributed by atoms with Crippen LogP contribution in [0.3, 0.4) is 0 Å². The number of rotatable bonds is 20. The molecule has 4 amide bonds. The molecular formula is C38H49ClN6O6S2. The summed E-state index contributed by atoms with van der Waals surface area (Å²) in [6.07, 6.45) is 7.54. The third-order valence-electron chi connectivity index (χ3n) is 9.25. The number of benzene rings is 2. The fourth-order valence-corrected chi connectivity index (χ4v) is 9.26. The second kappa shape index (κ2) is 20.8. The molecule has 3 atom stereocenters. The van der Waals surface area contributed by atoms with Crippen LogP contribution < -0.4 is 43.1 Å². The zero-order valence-corrected chi connectivity index (χ0v) is 32.4. The van der Waals surface area contributed by atoms with E-state index in [2.05, 4.69) is 73.3 Å². The Balaban J connectivity index is 0.00000541. The molecule has 53 heavy (non-hydrogen) atoms. The maximum Gasteiger partial charge on any atom is 0.315 e. The van der Waals surface area contributed by atoms with Crippen molar-refractivity contribution in [3.05, 3.63) is 71.4 Å². The van der Waals surface area contributed by atoms with E-state index < -0.39 is 0 Å². The number of fused-ring (bicyclic) bond motifs is 3. The number of aromatic nitrogens is 1. The second-order valence-electron chi connectivity index (χ2n) is 12.9. The Bertz CT molecular complexity index is 1730. The van der Waals surface area contributed by atoms with Crippen molar-refractivity contribution in [1.82, 2.24) is 21.3 Å². The van der Waals surface area contributed by atoms with Gasteiger partial charge >= 0.3 is 6.03 Å². The Morgan fingerprint density at radius 3 is 2.40 bits per heavy atom. The van der Waals surface area contributed by atoms with Gasteiger partial charge in [-0.3, -0.25) is 9.59 Å². The average Bonchev–Trinajstić information content (AvgIpc) is 3.82. The van der Waals surface area contributed by atoms with Crippen molar-refractivity contribution < 1.29 is 45.6 Å². The number of carbonyl (C=O) groups is 3. The Hall–Kier alpha value is -3.53. The van der Waals surface area contributed by atoms with E-state index in [4.69, 9.17) is 14.2 Å². The maximum absolute atomic E-state index is 13.0. The molecule has 15 heteroatoms. The van der Waals surface area contributed by atoms with Crippen molar-refractivity contribution >= 4 is 64.0 Å². The van der Waals surface area contributed by atoms with E-state index in [0.29, 0.717) is 64.4 Å². The third-order valence-corrected chi connectivity index (χ3v) is 11.9. The van der Waals surface area contributed by atoms with Gasteiger partial charge in [-0.25, -0.2) is 9.36 Å². The number of thioether (sulfide) groups is 2. The van der Waals surface area contributed by atoms with E-state index in [0.717, 1.165) is 57.1 Å². The molecule has 4 heterocycles. The van der Waals surface area contributed by atoms with Crippen LogP contribution >= 0.6 is 23.5 Å². The SMILES string of the molecule is C[n+]1ccc(/C=C2\Sc3ccccc3N2CC(=O)NCCOCCOCCOCCNC(=O)CCCC[C@H]2SC[C@H]3NC(=O)N[C@H]32)c2ccccc21.[Cl-]. The minimum absolute atomic E-state index is 0. The first-order valence-corrected chi connectivity index (χ1v) is 19.9. The molecule has 3 aliphatic rings. The van der Waals surface area contributed by atoms with Gasteiger partial charge in [0, 0.05) is 47.5 Å². The molecule has 4 N–H and O–H groups in total. The van der Waals surface area contributed by atoms with E-state index >= 15 is 0 Å². The lowest BCUT2D eigenvalue weighted by Gasteiger charge is -2.20. The van der Waals surface area contributed by atoms with Crippen molar-refractivity contribution in [2.24, 2.45) is 7.05 Å². The summed E-state index contributed by atoms with van der Waals surface area (Å²) in [5.74, 6) is 0.919. The van der Waals surface area contributed by atoms with Crippen LogP contribution in [0.15, 0.2) is 70.7 Å². The topological polar surface area (TPSA) is 134 Å². The number of carbonyl (C=O) groups excluding carboxylic acids is 3.